The van der Waals surface area contributed by atoms with Crippen molar-refractivity contribution >= 4 is 11.6 Å². The maximum absolute atomic E-state index is 11.7. The van der Waals surface area contributed by atoms with Crippen LogP contribution in [0.4, 0.5) is 5.69 Å². The molecule has 120 valence electrons. The van der Waals surface area contributed by atoms with Gasteiger partial charge in [0.1, 0.15) is 0 Å². The van der Waals surface area contributed by atoms with Crippen molar-refractivity contribution in [1.82, 2.24) is 5.32 Å². The van der Waals surface area contributed by atoms with Crippen LogP contribution in [0.3, 0.4) is 0 Å². The van der Waals surface area contributed by atoms with E-state index in [0.717, 1.165) is 23.4 Å². The second-order valence-electron chi connectivity index (χ2n) is 5.95. The van der Waals surface area contributed by atoms with E-state index in [1.54, 1.807) is 0 Å². The van der Waals surface area contributed by atoms with E-state index < -0.39 is 6.10 Å². The molecule has 2 aromatic rings. The number of amides is 1. The first-order valence-corrected chi connectivity index (χ1v) is 8.01. The summed E-state index contributed by atoms with van der Waals surface area (Å²) in [6.07, 6.45) is 0.0687. The number of nitrogens with one attached hydrogen (secondary N) is 1. The van der Waals surface area contributed by atoms with Crippen molar-refractivity contribution in [2.24, 2.45) is 0 Å². The minimum atomic E-state index is -0.561. The van der Waals surface area contributed by atoms with E-state index in [1.807, 2.05) is 66.4 Å². The Morgan fingerprint density at radius 3 is 2.48 bits per heavy atom. The van der Waals surface area contributed by atoms with E-state index in [-0.39, 0.29) is 11.9 Å². The molecule has 0 radical (unpaired) electrons. The largest absolute Gasteiger partial charge is 0.387 e. The lowest BCUT2D eigenvalue weighted by Crippen LogP contribution is -2.44. The van der Waals surface area contributed by atoms with Gasteiger partial charge in [-0.25, -0.2) is 0 Å². The minimum absolute atomic E-state index is 0.0856. The highest BCUT2D eigenvalue weighted by atomic mass is 16.3. The van der Waals surface area contributed by atoms with E-state index in [0.29, 0.717) is 13.0 Å². The van der Waals surface area contributed by atoms with Crippen LogP contribution in [-0.2, 0) is 11.3 Å². The molecule has 1 saturated heterocycles. The van der Waals surface area contributed by atoms with E-state index in [9.17, 15) is 9.90 Å². The minimum Gasteiger partial charge on any atom is -0.387 e. The number of carbonyl (C=O) groups excluding carboxylic acids is 1. The number of β-lactam (4-membered cyclic amide) rings is 1. The molecule has 1 aliphatic rings. The number of para-hydroxylation sites is 1. The summed E-state index contributed by atoms with van der Waals surface area (Å²) in [5.74, 6) is 0.176. The zero-order chi connectivity index (χ0) is 16.2. The molecule has 0 bridgehead atoms. The molecule has 2 N–H and O–H groups in total. The summed E-state index contributed by atoms with van der Waals surface area (Å²) < 4.78 is 0. The van der Waals surface area contributed by atoms with Gasteiger partial charge in [0.25, 0.3) is 0 Å². The first-order valence-electron chi connectivity index (χ1n) is 8.01. The van der Waals surface area contributed by atoms with Gasteiger partial charge in [-0.15, -0.1) is 0 Å². The normalized spacial score (nSPS) is 16.8. The Morgan fingerprint density at radius 1 is 1.13 bits per heavy atom. The highest BCUT2D eigenvalue weighted by Crippen LogP contribution is 2.26. The van der Waals surface area contributed by atoms with Gasteiger partial charge in [0.2, 0.25) is 5.91 Å². The third-order valence-corrected chi connectivity index (χ3v) is 4.36. The predicted octanol–water partition coefficient (Wildman–Crippen LogP) is 2.64. The Balaban J connectivity index is 1.65. The molecule has 3 rings (SSSR count). The molecule has 0 unspecified atom stereocenters. The lowest BCUT2D eigenvalue weighted by atomic mass is 10.0. The quantitative estimate of drug-likeness (QED) is 0.807. The third-order valence-electron chi connectivity index (χ3n) is 4.36. The summed E-state index contributed by atoms with van der Waals surface area (Å²) in [6, 6.07) is 17.5. The van der Waals surface area contributed by atoms with Crippen LogP contribution < -0.4 is 10.2 Å². The summed E-state index contributed by atoms with van der Waals surface area (Å²) in [5, 5.41) is 13.8. The number of hydrogen-bond acceptors (Lipinski definition) is 3. The molecule has 4 nitrogen and oxygen atoms in total. The van der Waals surface area contributed by atoms with E-state index in [4.69, 9.17) is 0 Å². The van der Waals surface area contributed by atoms with Crippen molar-refractivity contribution in [3.8, 4) is 0 Å². The number of rotatable bonds is 6. The lowest BCUT2D eigenvalue weighted by molar-refractivity contribution is -0.122. The number of aliphatic hydroxyl groups is 1. The van der Waals surface area contributed by atoms with Gasteiger partial charge in [0.05, 0.1) is 6.10 Å². The molecule has 0 aliphatic carbocycles. The summed E-state index contributed by atoms with van der Waals surface area (Å²) in [6.45, 7) is 3.37. The van der Waals surface area contributed by atoms with E-state index in [1.165, 1.54) is 0 Å². The Labute approximate surface area is 136 Å². The topological polar surface area (TPSA) is 52.6 Å². The number of anilines is 1. The summed E-state index contributed by atoms with van der Waals surface area (Å²) in [7, 11) is 0. The summed E-state index contributed by atoms with van der Waals surface area (Å²) in [4.78, 5) is 13.5. The van der Waals surface area contributed by atoms with Crippen LogP contribution in [0.15, 0.2) is 54.6 Å². The molecule has 2 aromatic carbocycles. The fourth-order valence-electron chi connectivity index (χ4n) is 2.81. The number of aliphatic hydroxyl groups excluding tert-OH is 1. The molecule has 1 amide bonds. The monoisotopic (exact) mass is 310 g/mol. The molecule has 4 heteroatoms. The van der Waals surface area contributed by atoms with Gasteiger partial charge in [-0.1, -0.05) is 48.5 Å². The van der Waals surface area contributed by atoms with Crippen molar-refractivity contribution in [3.63, 3.8) is 0 Å². The van der Waals surface area contributed by atoms with Crippen molar-refractivity contribution in [1.29, 1.82) is 0 Å². The van der Waals surface area contributed by atoms with Crippen LogP contribution >= 0.6 is 0 Å². The van der Waals surface area contributed by atoms with Crippen molar-refractivity contribution in [3.05, 3.63) is 65.7 Å². The van der Waals surface area contributed by atoms with E-state index in [2.05, 4.69) is 5.32 Å². The van der Waals surface area contributed by atoms with Gasteiger partial charge >= 0.3 is 0 Å². The van der Waals surface area contributed by atoms with Crippen molar-refractivity contribution < 1.29 is 9.90 Å². The lowest BCUT2D eigenvalue weighted by Gasteiger charge is -2.32. The van der Waals surface area contributed by atoms with Gasteiger partial charge < -0.3 is 15.3 Å². The summed E-state index contributed by atoms with van der Waals surface area (Å²) in [5.41, 5.74) is 2.95. The second-order valence-corrected chi connectivity index (χ2v) is 5.95. The Bertz CT molecular complexity index is 672. The van der Waals surface area contributed by atoms with Gasteiger partial charge in [0, 0.05) is 31.2 Å². The average molecular weight is 310 g/mol. The highest BCUT2D eigenvalue weighted by Gasteiger charge is 2.27. The number of hydrogen-bond donors (Lipinski definition) is 2. The van der Waals surface area contributed by atoms with Crippen LogP contribution in [0.2, 0.25) is 0 Å². The smallest absolute Gasteiger partial charge is 0.228 e. The Hall–Kier alpha value is -2.17. The Morgan fingerprint density at radius 2 is 1.83 bits per heavy atom. The molecule has 0 aromatic heterocycles. The zero-order valence-corrected chi connectivity index (χ0v) is 13.3. The van der Waals surface area contributed by atoms with E-state index >= 15 is 0 Å². The predicted molar refractivity (Wildman–Crippen MR) is 91.1 cm³/mol. The van der Waals surface area contributed by atoms with Crippen molar-refractivity contribution in [2.45, 2.75) is 32.0 Å². The van der Waals surface area contributed by atoms with Gasteiger partial charge in [-0.3, -0.25) is 4.79 Å². The first kappa shape index (κ1) is 15.7. The molecular formula is C19H22N2O2. The molecule has 0 spiro atoms. The van der Waals surface area contributed by atoms with Crippen LogP contribution in [0.1, 0.15) is 30.6 Å². The molecule has 1 heterocycles. The maximum Gasteiger partial charge on any atom is 0.228 e. The van der Waals surface area contributed by atoms with Crippen LogP contribution in [0.5, 0.6) is 0 Å². The highest BCUT2D eigenvalue weighted by molar-refractivity contribution is 5.99. The number of nitrogens with zero attached hydrogens (tertiary/aromatic N) is 1. The fraction of sp³-hybridized carbons (Fsp3) is 0.316. The summed E-state index contributed by atoms with van der Waals surface area (Å²) >= 11 is 0. The van der Waals surface area contributed by atoms with Crippen molar-refractivity contribution in [2.75, 3.05) is 11.4 Å². The SMILES string of the molecule is C[C@@H](NCc1ccccc1N1CCC1=O)[C@H](O)c1ccccc1. The molecule has 2 atom stereocenters. The molecule has 0 saturated carbocycles. The maximum atomic E-state index is 11.7. The van der Waals surface area contributed by atoms with Gasteiger partial charge in [0.15, 0.2) is 0 Å². The molecular weight excluding hydrogens is 288 g/mol. The molecule has 23 heavy (non-hydrogen) atoms. The standard InChI is InChI=1S/C19H22N2O2/c1-14(19(23)15-7-3-2-4-8-15)20-13-16-9-5-6-10-17(16)21-12-11-18(21)22/h2-10,14,19-20,23H,11-13H2,1H3/t14-,19+/m1/s1. The zero-order valence-electron chi connectivity index (χ0n) is 13.3. The average Bonchev–Trinajstić information content (AvgIpc) is 2.59. The van der Waals surface area contributed by atoms with Crippen LogP contribution in [0.25, 0.3) is 0 Å². The third kappa shape index (κ3) is 3.44. The van der Waals surface area contributed by atoms with Crippen LogP contribution in [0, 0.1) is 0 Å². The first-order chi connectivity index (χ1) is 11.2. The number of carbonyl (C=O) groups is 1. The van der Waals surface area contributed by atoms with Crippen LogP contribution in [-0.4, -0.2) is 23.6 Å². The molecule has 1 fully saturated rings. The van der Waals surface area contributed by atoms with Gasteiger partial charge in [-0.2, -0.15) is 0 Å². The second kappa shape index (κ2) is 6.94. The Kier molecular flexibility index (Phi) is 4.74. The molecule has 1 aliphatic heterocycles. The fourth-order valence-corrected chi connectivity index (χ4v) is 2.81. The van der Waals surface area contributed by atoms with Gasteiger partial charge in [-0.05, 0) is 24.1 Å². The number of benzene rings is 2.